The van der Waals surface area contributed by atoms with Gasteiger partial charge in [0.1, 0.15) is 11.7 Å². The first-order chi connectivity index (χ1) is 10.9. The molecule has 1 aliphatic rings. The molecule has 23 heavy (non-hydrogen) atoms. The van der Waals surface area contributed by atoms with Crippen LogP contribution in [0.1, 0.15) is 30.4 Å². The number of piperazine rings is 1. The molecule has 1 saturated heterocycles. The van der Waals surface area contributed by atoms with E-state index in [0.717, 1.165) is 0 Å². The zero-order valence-electron chi connectivity index (χ0n) is 13.1. The molecule has 2 amide bonds. The summed E-state index contributed by atoms with van der Waals surface area (Å²) in [6.07, 6.45) is 1.10. The Kier molecular flexibility index (Phi) is 5.20. The quantitative estimate of drug-likeness (QED) is 0.862. The van der Waals surface area contributed by atoms with Crippen LogP contribution in [0.3, 0.4) is 0 Å². The Morgan fingerprint density at radius 1 is 1.26 bits per heavy atom. The van der Waals surface area contributed by atoms with E-state index >= 15 is 0 Å². The van der Waals surface area contributed by atoms with Gasteiger partial charge in [-0.3, -0.25) is 9.48 Å². The van der Waals surface area contributed by atoms with Gasteiger partial charge in [0.15, 0.2) is 0 Å². The SMILES string of the molecule is CCOC(=O)N1CCN(C(=O)c2ccn(C(C)C(=O)O)n2)CC1. The van der Waals surface area contributed by atoms with Crippen molar-refractivity contribution in [3.05, 3.63) is 18.0 Å². The summed E-state index contributed by atoms with van der Waals surface area (Å²) >= 11 is 0. The third-order valence-electron chi connectivity index (χ3n) is 3.67. The van der Waals surface area contributed by atoms with Gasteiger partial charge >= 0.3 is 12.1 Å². The molecule has 9 nitrogen and oxygen atoms in total. The van der Waals surface area contributed by atoms with Gasteiger partial charge < -0.3 is 19.6 Å². The lowest BCUT2D eigenvalue weighted by Crippen LogP contribution is -2.50. The molecule has 9 heteroatoms. The molecule has 126 valence electrons. The minimum Gasteiger partial charge on any atom is -0.480 e. The normalized spacial score (nSPS) is 16.1. The second-order valence-electron chi connectivity index (χ2n) is 5.17. The molecule has 2 rings (SSSR count). The lowest BCUT2D eigenvalue weighted by atomic mass is 10.3. The second-order valence-corrected chi connectivity index (χ2v) is 5.17. The van der Waals surface area contributed by atoms with Gasteiger partial charge in [-0.05, 0) is 19.9 Å². The van der Waals surface area contributed by atoms with Crippen LogP contribution in [0.2, 0.25) is 0 Å². The Morgan fingerprint density at radius 3 is 2.43 bits per heavy atom. The molecular weight excluding hydrogens is 304 g/mol. The van der Waals surface area contributed by atoms with Crippen molar-refractivity contribution in [3.63, 3.8) is 0 Å². The first kappa shape index (κ1) is 16.8. The summed E-state index contributed by atoms with van der Waals surface area (Å²) in [5, 5.41) is 13.0. The lowest BCUT2D eigenvalue weighted by Gasteiger charge is -2.33. The van der Waals surface area contributed by atoms with E-state index in [-0.39, 0.29) is 17.7 Å². The van der Waals surface area contributed by atoms with Crippen LogP contribution in [0.5, 0.6) is 0 Å². The molecule has 0 radical (unpaired) electrons. The summed E-state index contributed by atoms with van der Waals surface area (Å²) in [4.78, 5) is 38.1. The Balaban J connectivity index is 1.95. The molecular formula is C14H20N4O5. The first-order valence-electron chi connectivity index (χ1n) is 7.43. The number of ether oxygens (including phenoxy) is 1. The second kappa shape index (κ2) is 7.12. The van der Waals surface area contributed by atoms with E-state index in [1.165, 1.54) is 23.9 Å². The van der Waals surface area contributed by atoms with Crippen LogP contribution in [0.4, 0.5) is 4.79 Å². The van der Waals surface area contributed by atoms with Crippen molar-refractivity contribution in [1.29, 1.82) is 0 Å². The van der Waals surface area contributed by atoms with Crippen molar-refractivity contribution >= 4 is 18.0 Å². The van der Waals surface area contributed by atoms with E-state index in [1.54, 1.807) is 16.7 Å². The van der Waals surface area contributed by atoms with Crippen LogP contribution in [-0.2, 0) is 9.53 Å². The number of nitrogens with zero attached hydrogens (tertiary/aromatic N) is 4. The number of carboxylic acids is 1. The molecule has 1 aromatic rings. The number of hydrogen-bond donors (Lipinski definition) is 1. The van der Waals surface area contributed by atoms with Gasteiger partial charge in [0.25, 0.3) is 5.91 Å². The van der Waals surface area contributed by atoms with Crippen LogP contribution in [0, 0.1) is 0 Å². The number of carbonyl (C=O) groups excluding carboxylic acids is 2. The Hall–Kier alpha value is -2.58. The fraction of sp³-hybridized carbons (Fsp3) is 0.571. The Bertz CT molecular complexity index is 592. The van der Waals surface area contributed by atoms with Gasteiger partial charge in [0.05, 0.1) is 6.61 Å². The summed E-state index contributed by atoms with van der Waals surface area (Å²) in [5.41, 5.74) is 0.197. The monoisotopic (exact) mass is 324 g/mol. The number of amides is 2. The van der Waals surface area contributed by atoms with Crippen molar-refractivity contribution in [2.75, 3.05) is 32.8 Å². The smallest absolute Gasteiger partial charge is 0.409 e. The fourth-order valence-electron chi connectivity index (χ4n) is 2.25. The average Bonchev–Trinajstić information content (AvgIpc) is 3.03. The maximum Gasteiger partial charge on any atom is 0.409 e. The highest BCUT2D eigenvalue weighted by atomic mass is 16.6. The van der Waals surface area contributed by atoms with Gasteiger partial charge in [-0.15, -0.1) is 0 Å². The van der Waals surface area contributed by atoms with E-state index in [4.69, 9.17) is 9.84 Å². The number of hydrogen-bond acceptors (Lipinski definition) is 5. The van der Waals surface area contributed by atoms with Crippen molar-refractivity contribution in [3.8, 4) is 0 Å². The van der Waals surface area contributed by atoms with E-state index in [2.05, 4.69) is 5.10 Å². The number of aliphatic carboxylic acids is 1. The molecule has 1 unspecified atom stereocenters. The zero-order valence-corrected chi connectivity index (χ0v) is 13.1. The Morgan fingerprint density at radius 2 is 1.87 bits per heavy atom. The maximum absolute atomic E-state index is 12.4. The summed E-state index contributed by atoms with van der Waals surface area (Å²) in [7, 11) is 0. The van der Waals surface area contributed by atoms with Gasteiger partial charge in [-0.2, -0.15) is 5.10 Å². The summed E-state index contributed by atoms with van der Waals surface area (Å²) in [5.74, 6) is -1.29. The van der Waals surface area contributed by atoms with Crippen molar-refractivity contribution in [2.24, 2.45) is 0 Å². The average molecular weight is 324 g/mol. The van der Waals surface area contributed by atoms with E-state index in [9.17, 15) is 14.4 Å². The molecule has 0 aliphatic carbocycles. The summed E-state index contributed by atoms with van der Waals surface area (Å²) in [6.45, 7) is 5.12. The standard InChI is InChI=1S/C14H20N4O5/c1-3-23-14(22)17-8-6-16(7-9-17)12(19)11-4-5-18(15-11)10(2)13(20)21/h4-5,10H,3,6-9H2,1-2H3,(H,20,21). The van der Waals surface area contributed by atoms with Gasteiger partial charge in [0.2, 0.25) is 0 Å². The van der Waals surface area contributed by atoms with E-state index in [1.807, 2.05) is 0 Å². The molecule has 0 aromatic carbocycles. The molecule has 1 N–H and O–H groups in total. The molecule has 0 bridgehead atoms. The van der Waals surface area contributed by atoms with E-state index in [0.29, 0.717) is 32.8 Å². The minimum atomic E-state index is -1.02. The molecule has 1 aliphatic heterocycles. The van der Waals surface area contributed by atoms with Crippen molar-refractivity contribution < 1.29 is 24.2 Å². The first-order valence-corrected chi connectivity index (χ1v) is 7.43. The third kappa shape index (κ3) is 3.79. The topological polar surface area (TPSA) is 105 Å². The number of carbonyl (C=O) groups is 3. The molecule has 1 atom stereocenters. The summed E-state index contributed by atoms with van der Waals surface area (Å²) < 4.78 is 6.17. The largest absolute Gasteiger partial charge is 0.480 e. The van der Waals surface area contributed by atoms with Gasteiger partial charge in [-0.1, -0.05) is 0 Å². The van der Waals surface area contributed by atoms with E-state index < -0.39 is 12.0 Å². The molecule has 1 aromatic heterocycles. The van der Waals surface area contributed by atoms with Gasteiger partial charge in [-0.25, -0.2) is 9.59 Å². The number of carboxylic acid groups (broad SMARTS) is 1. The minimum absolute atomic E-state index is 0.197. The zero-order chi connectivity index (χ0) is 17.0. The van der Waals surface area contributed by atoms with Crippen LogP contribution < -0.4 is 0 Å². The highest BCUT2D eigenvalue weighted by Gasteiger charge is 2.27. The van der Waals surface area contributed by atoms with Crippen LogP contribution in [0.25, 0.3) is 0 Å². The highest BCUT2D eigenvalue weighted by Crippen LogP contribution is 2.11. The molecule has 0 spiro atoms. The maximum atomic E-state index is 12.4. The van der Waals surface area contributed by atoms with Crippen LogP contribution in [-0.4, -0.2) is 75.4 Å². The third-order valence-corrected chi connectivity index (χ3v) is 3.67. The van der Waals surface area contributed by atoms with Crippen LogP contribution >= 0.6 is 0 Å². The summed E-state index contributed by atoms with van der Waals surface area (Å²) in [6, 6.07) is 0.664. The van der Waals surface area contributed by atoms with Crippen molar-refractivity contribution in [2.45, 2.75) is 19.9 Å². The number of rotatable bonds is 4. The Labute approximate surface area is 133 Å². The lowest BCUT2D eigenvalue weighted by molar-refractivity contribution is -0.140. The predicted molar refractivity (Wildman–Crippen MR) is 79.1 cm³/mol. The highest BCUT2D eigenvalue weighted by molar-refractivity contribution is 5.92. The molecule has 0 saturated carbocycles. The molecule has 2 heterocycles. The number of aromatic nitrogens is 2. The fourth-order valence-corrected chi connectivity index (χ4v) is 2.25. The van der Waals surface area contributed by atoms with Crippen molar-refractivity contribution in [1.82, 2.24) is 19.6 Å². The van der Waals surface area contributed by atoms with Crippen LogP contribution in [0.15, 0.2) is 12.3 Å². The van der Waals surface area contributed by atoms with Gasteiger partial charge in [0, 0.05) is 32.4 Å². The predicted octanol–water partition coefficient (Wildman–Crippen LogP) is 0.443. The molecule has 1 fully saturated rings.